The van der Waals surface area contributed by atoms with Crippen molar-refractivity contribution in [3.63, 3.8) is 0 Å². The van der Waals surface area contributed by atoms with E-state index in [1.54, 1.807) is 25.3 Å². The van der Waals surface area contributed by atoms with Gasteiger partial charge >= 0.3 is 0 Å². The zero-order chi connectivity index (χ0) is 14.5. The highest BCUT2D eigenvalue weighted by Gasteiger charge is 2.09. The molecule has 0 radical (unpaired) electrons. The van der Waals surface area contributed by atoms with Crippen molar-refractivity contribution in [1.82, 2.24) is 9.78 Å². The van der Waals surface area contributed by atoms with Crippen LogP contribution in [0.15, 0.2) is 35.1 Å². The van der Waals surface area contributed by atoms with Gasteiger partial charge < -0.3 is 4.74 Å². The van der Waals surface area contributed by atoms with Crippen LogP contribution in [0.4, 0.5) is 4.39 Å². The summed E-state index contributed by atoms with van der Waals surface area (Å²) in [6, 6.07) is 7.67. The molecule has 20 heavy (non-hydrogen) atoms. The van der Waals surface area contributed by atoms with Crippen LogP contribution in [0.2, 0.25) is 0 Å². The number of rotatable bonds is 5. The molecule has 4 nitrogen and oxygen atoms in total. The van der Waals surface area contributed by atoms with Crippen molar-refractivity contribution in [3.05, 3.63) is 52.1 Å². The van der Waals surface area contributed by atoms with Crippen LogP contribution in [0, 0.1) is 5.82 Å². The quantitative estimate of drug-likeness (QED) is 0.859. The van der Waals surface area contributed by atoms with Crippen LogP contribution in [0.5, 0.6) is 0 Å². The lowest BCUT2D eigenvalue weighted by Gasteiger charge is -2.09. The molecule has 0 aliphatic rings. The monoisotopic (exact) mass is 294 g/mol. The highest BCUT2D eigenvalue weighted by molar-refractivity contribution is 7.79. The van der Waals surface area contributed by atoms with E-state index in [0.29, 0.717) is 30.2 Å². The minimum absolute atomic E-state index is 0.178. The number of halogens is 1. The van der Waals surface area contributed by atoms with Crippen LogP contribution >= 0.6 is 12.6 Å². The fourth-order valence-corrected chi connectivity index (χ4v) is 2.03. The molecule has 6 heteroatoms. The first-order valence-electron chi connectivity index (χ1n) is 6.12. The third kappa shape index (κ3) is 3.26. The molecule has 1 heterocycles. The fourth-order valence-electron chi connectivity index (χ4n) is 1.80. The molecule has 1 aromatic carbocycles. The number of hydrogen-bond acceptors (Lipinski definition) is 4. The van der Waals surface area contributed by atoms with Crippen LogP contribution in [-0.2, 0) is 17.0 Å². The Morgan fingerprint density at radius 3 is 2.65 bits per heavy atom. The normalized spacial score (nSPS) is 10.8. The summed E-state index contributed by atoms with van der Waals surface area (Å²) in [7, 11) is 1.56. The molecule has 0 fully saturated rings. The third-order valence-electron chi connectivity index (χ3n) is 2.87. The van der Waals surface area contributed by atoms with Gasteiger partial charge in [0.2, 0.25) is 0 Å². The first-order valence-corrected chi connectivity index (χ1v) is 6.75. The Bertz CT molecular complexity index is 641. The average Bonchev–Trinajstić information content (AvgIpc) is 2.47. The van der Waals surface area contributed by atoms with Gasteiger partial charge in [-0.15, -0.1) is 0 Å². The van der Waals surface area contributed by atoms with Crippen molar-refractivity contribution in [3.8, 4) is 11.3 Å². The van der Waals surface area contributed by atoms with E-state index in [0.717, 1.165) is 5.56 Å². The lowest BCUT2D eigenvalue weighted by Crippen LogP contribution is -2.27. The van der Waals surface area contributed by atoms with Gasteiger partial charge in [-0.3, -0.25) is 4.79 Å². The van der Waals surface area contributed by atoms with Crippen molar-refractivity contribution in [2.24, 2.45) is 0 Å². The average molecular weight is 294 g/mol. The van der Waals surface area contributed by atoms with Gasteiger partial charge in [-0.25, -0.2) is 9.07 Å². The molecule has 0 bridgehead atoms. The Morgan fingerprint density at radius 2 is 2.05 bits per heavy atom. The van der Waals surface area contributed by atoms with E-state index in [1.165, 1.54) is 16.8 Å². The predicted octanol–water partition coefficient (Wildman–Crippen LogP) is 2.13. The Balaban J connectivity index is 2.47. The molecular weight excluding hydrogens is 279 g/mol. The Labute approximate surface area is 121 Å². The molecule has 1 aromatic heterocycles. The maximum Gasteiger partial charge on any atom is 0.270 e. The standard InChI is InChI=1S/C14H15FN2O2S/c1-19-7-6-17-14(18)11(9-20)8-13(16-17)10-2-4-12(15)5-3-10/h2-5,8,20H,6-7,9H2,1H3. The molecule has 106 valence electrons. The summed E-state index contributed by atoms with van der Waals surface area (Å²) in [5, 5.41) is 4.29. The summed E-state index contributed by atoms with van der Waals surface area (Å²) < 4.78 is 19.3. The predicted molar refractivity (Wildman–Crippen MR) is 78.5 cm³/mol. The SMILES string of the molecule is COCCn1nc(-c2ccc(F)cc2)cc(CS)c1=O. The molecule has 0 aliphatic heterocycles. The van der Waals surface area contributed by atoms with Crippen LogP contribution in [0.1, 0.15) is 5.56 Å². The van der Waals surface area contributed by atoms with Crippen LogP contribution in [0.25, 0.3) is 11.3 Å². The summed E-state index contributed by atoms with van der Waals surface area (Å²) in [6.45, 7) is 0.761. The first kappa shape index (κ1) is 14.7. The van der Waals surface area contributed by atoms with E-state index in [4.69, 9.17) is 4.74 Å². The molecule has 0 aliphatic carbocycles. The van der Waals surface area contributed by atoms with E-state index in [1.807, 2.05) is 0 Å². The second-order valence-corrected chi connectivity index (χ2v) is 4.56. The Morgan fingerprint density at radius 1 is 1.35 bits per heavy atom. The maximum absolute atomic E-state index is 13.0. The molecule has 0 atom stereocenters. The summed E-state index contributed by atoms with van der Waals surface area (Å²) >= 11 is 4.16. The first-order chi connectivity index (χ1) is 9.65. The van der Waals surface area contributed by atoms with Gasteiger partial charge in [0.05, 0.1) is 18.8 Å². The number of hydrogen-bond donors (Lipinski definition) is 1. The van der Waals surface area contributed by atoms with Crippen molar-refractivity contribution in [1.29, 1.82) is 0 Å². The third-order valence-corrected chi connectivity index (χ3v) is 3.21. The zero-order valence-corrected chi connectivity index (χ0v) is 11.9. The van der Waals surface area contributed by atoms with E-state index < -0.39 is 0 Å². The zero-order valence-electron chi connectivity index (χ0n) is 11.0. The topological polar surface area (TPSA) is 44.1 Å². The highest BCUT2D eigenvalue weighted by Crippen LogP contribution is 2.17. The molecule has 0 spiro atoms. The van der Waals surface area contributed by atoms with Crippen molar-refractivity contribution in [2.75, 3.05) is 13.7 Å². The van der Waals surface area contributed by atoms with Gasteiger partial charge in [0.1, 0.15) is 5.82 Å². The summed E-state index contributed by atoms with van der Waals surface area (Å²) in [4.78, 5) is 12.1. The summed E-state index contributed by atoms with van der Waals surface area (Å²) in [6.07, 6.45) is 0. The Kier molecular flexibility index (Phi) is 4.92. The van der Waals surface area contributed by atoms with E-state index >= 15 is 0 Å². The largest absolute Gasteiger partial charge is 0.383 e. The number of ether oxygens (including phenoxy) is 1. The lowest BCUT2D eigenvalue weighted by atomic mass is 10.1. The van der Waals surface area contributed by atoms with Crippen LogP contribution in [0.3, 0.4) is 0 Å². The van der Waals surface area contributed by atoms with Crippen molar-refractivity contribution >= 4 is 12.6 Å². The second kappa shape index (κ2) is 6.67. The van der Waals surface area contributed by atoms with Gasteiger partial charge in [0.25, 0.3) is 5.56 Å². The second-order valence-electron chi connectivity index (χ2n) is 4.24. The molecule has 0 N–H and O–H groups in total. The van der Waals surface area contributed by atoms with Gasteiger partial charge in [0, 0.05) is 24.0 Å². The molecule has 0 saturated heterocycles. The number of nitrogens with zero attached hydrogens (tertiary/aromatic N) is 2. The molecule has 2 aromatic rings. The fraction of sp³-hybridized carbons (Fsp3) is 0.286. The highest BCUT2D eigenvalue weighted by atomic mass is 32.1. The van der Waals surface area contributed by atoms with Gasteiger partial charge in [-0.2, -0.15) is 17.7 Å². The smallest absolute Gasteiger partial charge is 0.270 e. The van der Waals surface area contributed by atoms with E-state index in [9.17, 15) is 9.18 Å². The number of methoxy groups -OCH3 is 1. The molecular formula is C14H15FN2O2S. The minimum Gasteiger partial charge on any atom is -0.383 e. The van der Waals surface area contributed by atoms with Gasteiger partial charge in [-0.1, -0.05) is 0 Å². The maximum atomic E-state index is 13.0. The van der Waals surface area contributed by atoms with Gasteiger partial charge in [0.15, 0.2) is 0 Å². The molecule has 2 rings (SSSR count). The van der Waals surface area contributed by atoms with Crippen LogP contribution < -0.4 is 5.56 Å². The number of aromatic nitrogens is 2. The lowest BCUT2D eigenvalue weighted by molar-refractivity contribution is 0.182. The number of thiol groups is 1. The summed E-state index contributed by atoms with van der Waals surface area (Å²) in [5.41, 5.74) is 1.74. The molecule has 0 amide bonds. The van der Waals surface area contributed by atoms with Crippen LogP contribution in [-0.4, -0.2) is 23.5 Å². The number of benzene rings is 1. The van der Waals surface area contributed by atoms with E-state index in [-0.39, 0.29) is 11.4 Å². The Hall–Kier alpha value is -1.66. The summed E-state index contributed by atoms with van der Waals surface area (Å²) in [5.74, 6) is 0.0126. The van der Waals surface area contributed by atoms with Crippen molar-refractivity contribution < 1.29 is 9.13 Å². The molecule has 0 saturated carbocycles. The van der Waals surface area contributed by atoms with Crippen molar-refractivity contribution in [2.45, 2.75) is 12.3 Å². The van der Waals surface area contributed by atoms with Gasteiger partial charge in [-0.05, 0) is 30.3 Å². The minimum atomic E-state index is -0.309. The van der Waals surface area contributed by atoms with E-state index in [2.05, 4.69) is 17.7 Å². The molecule has 0 unspecified atom stereocenters.